The van der Waals surface area contributed by atoms with Crippen LogP contribution in [0.4, 0.5) is 4.79 Å². The van der Waals surface area contributed by atoms with Crippen molar-refractivity contribution in [3.8, 4) is 0 Å². The lowest BCUT2D eigenvalue weighted by Crippen LogP contribution is -2.39. The van der Waals surface area contributed by atoms with Crippen molar-refractivity contribution < 1.29 is 9.59 Å². The summed E-state index contributed by atoms with van der Waals surface area (Å²) < 4.78 is 0. The molecule has 0 bridgehead atoms. The molecule has 11 heavy (non-hydrogen) atoms. The summed E-state index contributed by atoms with van der Waals surface area (Å²) >= 11 is 0. The van der Waals surface area contributed by atoms with Gasteiger partial charge in [-0.2, -0.15) is 0 Å². The topological polar surface area (TPSA) is 98.2 Å². The van der Waals surface area contributed by atoms with Crippen LogP contribution in [0.25, 0.3) is 0 Å². The van der Waals surface area contributed by atoms with Gasteiger partial charge in [-0.1, -0.05) is 0 Å². The van der Waals surface area contributed by atoms with Gasteiger partial charge in [-0.25, -0.2) is 4.79 Å². The minimum Gasteiger partial charge on any atom is -0.352 e. The monoisotopic (exact) mass is 159 g/mol. The first-order chi connectivity index (χ1) is 5.20. The lowest BCUT2D eigenvalue weighted by atomic mass is 10.2. The summed E-state index contributed by atoms with van der Waals surface area (Å²) in [5.41, 5.74) is 10.0. The Labute approximate surface area is 65.1 Å². The van der Waals surface area contributed by atoms with Crippen LogP contribution in [0.15, 0.2) is 0 Å². The normalized spacial score (nSPS) is 12.1. The standard InChI is InChI=1S/C6H13N3O2/c7-3-1-2-5(4-10)9-6(8)11/h4-5H,1-3,7H2,(H3,8,9,11)/t5-/m0/s1. The number of carbonyl (C=O) groups is 2. The molecule has 5 N–H and O–H groups in total. The number of hydrogen-bond donors (Lipinski definition) is 3. The van der Waals surface area contributed by atoms with Gasteiger partial charge in [-0.05, 0) is 19.4 Å². The number of hydrogen-bond acceptors (Lipinski definition) is 3. The molecule has 64 valence electrons. The predicted molar refractivity (Wildman–Crippen MR) is 40.9 cm³/mol. The number of rotatable bonds is 5. The maximum atomic E-state index is 10.3. The fourth-order valence-corrected chi connectivity index (χ4v) is 0.695. The third kappa shape index (κ3) is 5.35. The van der Waals surface area contributed by atoms with Crippen LogP contribution in [0, 0.1) is 0 Å². The Morgan fingerprint density at radius 3 is 2.64 bits per heavy atom. The van der Waals surface area contributed by atoms with Crippen LogP contribution in [0.2, 0.25) is 0 Å². The van der Waals surface area contributed by atoms with Crippen molar-refractivity contribution in [2.45, 2.75) is 18.9 Å². The lowest BCUT2D eigenvalue weighted by molar-refractivity contribution is -0.109. The molecule has 0 aliphatic heterocycles. The second-order valence-corrected chi connectivity index (χ2v) is 2.18. The van der Waals surface area contributed by atoms with E-state index < -0.39 is 12.1 Å². The molecule has 2 amide bonds. The Balaban J connectivity index is 3.57. The van der Waals surface area contributed by atoms with Gasteiger partial charge < -0.3 is 21.6 Å². The summed E-state index contributed by atoms with van der Waals surface area (Å²) in [6.07, 6.45) is 1.90. The van der Waals surface area contributed by atoms with Crippen molar-refractivity contribution in [2.24, 2.45) is 11.5 Å². The first-order valence-electron chi connectivity index (χ1n) is 3.42. The molecule has 0 aliphatic carbocycles. The van der Waals surface area contributed by atoms with Crippen molar-refractivity contribution in [1.82, 2.24) is 5.32 Å². The zero-order valence-electron chi connectivity index (χ0n) is 6.25. The van der Waals surface area contributed by atoms with Gasteiger partial charge in [0.15, 0.2) is 0 Å². The van der Waals surface area contributed by atoms with Crippen LogP contribution in [-0.4, -0.2) is 24.9 Å². The van der Waals surface area contributed by atoms with E-state index in [0.29, 0.717) is 25.7 Å². The van der Waals surface area contributed by atoms with E-state index in [0.717, 1.165) is 0 Å². The highest BCUT2D eigenvalue weighted by molar-refractivity contribution is 5.76. The van der Waals surface area contributed by atoms with E-state index in [9.17, 15) is 9.59 Å². The van der Waals surface area contributed by atoms with E-state index in [2.05, 4.69) is 5.32 Å². The van der Waals surface area contributed by atoms with Crippen LogP contribution in [0.5, 0.6) is 0 Å². The number of carbonyl (C=O) groups excluding carboxylic acids is 2. The number of primary amides is 1. The van der Waals surface area contributed by atoms with Crippen molar-refractivity contribution in [2.75, 3.05) is 6.54 Å². The average Bonchev–Trinajstić information content (AvgIpc) is 1.97. The van der Waals surface area contributed by atoms with Gasteiger partial charge in [-0.15, -0.1) is 0 Å². The van der Waals surface area contributed by atoms with E-state index in [-0.39, 0.29) is 0 Å². The maximum Gasteiger partial charge on any atom is 0.312 e. The highest BCUT2D eigenvalue weighted by atomic mass is 16.2. The van der Waals surface area contributed by atoms with Crippen LogP contribution < -0.4 is 16.8 Å². The molecule has 0 unspecified atom stereocenters. The van der Waals surface area contributed by atoms with Gasteiger partial charge in [0.05, 0.1) is 6.04 Å². The molecule has 5 nitrogen and oxygen atoms in total. The third-order valence-corrected chi connectivity index (χ3v) is 1.21. The van der Waals surface area contributed by atoms with Gasteiger partial charge in [0.25, 0.3) is 0 Å². The minimum absolute atomic E-state index is 0.490. The molecular weight excluding hydrogens is 146 g/mol. The van der Waals surface area contributed by atoms with Crippen molar-refractivity contribution in [1.29, 1.82) is 0 Å². The number of amides is 2. The molecule has 0 aromatic heterocycles. The smallest absolute Gasteiger partial charge is 0.312 e. The molecule has 0 saturated heterocycles. The highest BCUT2D eigenvalue weighted by Gasteiger charge is 2.06. The molecule has 0 fully saturated rings. The van der Waals surface area contributed by atoms with Crippen LogP contribution in [0.3, 0.4) is 0 Å². The number of aldehydes is 1. The average molecular weight is 159 g/mol. The summed E-state index contributed by atoms with van der Waals surface area (Å²) in [5.74, 6) is 0. The fraction of sp³-hybridized carbons (Fsp3) is 0.667. The quantitative estimate of drug-likeness (QED) is 0.447. The lowest BCUT2D eigenvalue weighted by Gasteiger charge is -2.08. The van der Waals surface area contributed by atoms with E-state index in [1.807, 2.05) is 0 Å². The maximum absolute atomic E-state index is 10.3. The summed E-state index contributed by atoms with van der Waals surface area (Å²) in [7, 11) is 0. The Bertz CT molecular complexity index is 138. The van der Waals surface area contributed by atoms with E-state index >= 15 is 0 Å². The Hall–Kier alpha value is -1.10. The minimum atomic E-state index is -0.681. The van der Waals surface area contributed by atoms with Crippen LogP contribution in [-0.2, 0) is 4.79 Å². The molecule has 0 spiro atoms. The van der Waals surface area contributed by atoms with E-state index in [4.69, 9.17) is 11.5 Å². The summed E-state index contributed by atoms with van der Waals surface area (Å²) in [6, 6.07) is -1.17. The Morgan fingerprint density at radius 1 is 1.64 bits per heavy atom. The molecule has 0 aliphatic rings. The first-order valence-corrected chi connectivity index (χ1v) is 3.42. The molecule has 0 heterocycles. The zero-order chi connectivity index (χ0) is 8.69. The Kier molecular flexibility index (Phi) is 5.10. The van der Waals surface area contributed by atoms with Gasteiger partial charge >= 0.3 is 6.03 Å². The molecule has 0 saturated carbocycles. The third-order valence-electron chi connectivity index (χ3n) is 1.21. The van der Waals surface area contributed by atoms with Crippen LogP contribution in [0.1, 0.15) is 12.8 Å². The first kappa shape index (κ1) is 9.90. The van der Waals surface area contributed by atoms with Crippen molar-refractivity contribution >= 4 is 12.3 Å². The fourth-order valence-electron chi connectivity index (χ4n) is 0.695. The number of nitrogens with two attached hydrogens (primary N) is 2. The second-order valence-electron chi connectivity index (χ2n) is 2.18. The molecule has 5 heteroatoms. The van der Waals surface area contributed by atoms with E-state index in [1.165, 1.54) is 0 Å². The number of nitrogens with one attached hydrogen (secondary N) is 1. The van der Waals surface area contributed by atoms with Crippen molar-refractivity contribution in [3.63, 3.8) is 0 Å². The summed E-state index contributed by atoms with van der Waals surface area (Å²) in [6.45, 7) is 0.505. The molecular formula is C6H13N3O2. The molecule has 1 atom stereocenters. The molecule has 0 radical (unpaired) electrons. The summed E-state index contributed by atoms with van der Waals surface area (Å²) in [4.78, 5) is 20.5. The van der Waals surface area contributed by atoms with Crippen LogP contribution >= 0.6 is 0 Å². The van der Waals surface area contributed by atoms with Gasteiger partial charge in [0, 0.05) is 0 Å². The summed E-state index contributed by atoms with van der Waals surface area (Å²) in [5, 5.41) is 2.28. The van der Waals surface area contributed by atoms with Gasteiger partial charge in [-0.3, -0.25) is 0 Å². The highest BCUT2D eigenvalue weighted by Crippen LogP contribution is 1.91. The number of urea groups is 1. The molecule has 0 aromatic rings. The zero-order valence-corrected chi connectivity index (χ0v) is 6.25. The second kappa shape index (κ2) is 5.67. The SMILES string of the molecule is NCCC[C@@H](C=O)NC(N)=O. The predicted octanol–water partition coefficient (Wildman–Crippen LogP) is -1.04. The van der Waals surface area contributed by atoms with Gasteiger partial charge in [0.1, 0.15) is 6.29 Å². The van der Waals surface area contributed by atoms with E-state index in [1.54, 1.807) is 0 Å². The largest absolute Gasteiger partial charge is 0.352 e. The van der Waals surface area contributed by atoms with Gasteiger partial charge in [0.2, 0.25) is 0 Å². The molecule has 0 rings (SSSR count). The molecule has 0 aromatic carbocycles. The van der Waals surface area contributed by atoms with Crippen molar-refractivity contribution in [3.05, 3.63) is 0 Å². The Morgan fingerprint density at radius 2 is 2.27 bits per heavy atom.